The lowest BCUT2D eigenvalue weighted by molar-refractivity contribution is -0.388. The Bertz CT molecular complexity index is 939. The molecule has 2 aromatic rings. The smallest absolute Gasteiger partial charge is 0.371 e. The summed E-state index contributed by atoms with van der Waals surface area (Å²) in [5, 5.41) is 10.9. The molecule has 0 spiro atoms. The van der Waals surface area contributed by atoms with E-state index in [9.17, 15) is 23.3 Å². The summed E-state index contributed by atoms with van der Waals surface area (Å²) in [5.41, 5.74) is 2.43. The highest BCUT2D eigenvalue weighted by molar-refractivity contribution is 5.85. The molecule has 2 heterocycles. The number of hydrogen-bond donors (Lipinski definition) is 0. The highest BCUT2D eigenvalue weighted by atomic mass is 19.4. The summed E-state index contributed by atoms with van der Waals surface area (Å²) in [6.45, 7) is 2.13. The lowest BCUT2D eigenvalue weighted by atomic mass is 9.90. The number of alkyl halides is 3. The van der Waals surface area contributed by atoms with Crippen molar-refractivity contribution in [1.29, 1.82) is 0 Å². The maximum atomic E-state index is 13.1. The van der Waals surface area contributed by atoms with Gasteiger partial charge in [-0.15, -0.1) is 0 Å². The van der Waals surface area contributed by atoms with Gasteiger partial charge in [-0.1, -0.05) is 0 Å². The number of nitro benzene ring substituents is 1. The third kappa shape index (κ3) is 3.46. The Morgan fingerprint density at radius 1 is 1.07 bits per heavy atom. The van der Waals surface area contributed by atoms with Gasteiger partial charge in [-0.2, -0.15) is 13.2 Å². The minimum Gasteiger partial charge on any atom is -0.371 e. The third-order valence-electron chi connectivity index (χ3n) is 5.20. The largest absolute Gasteiger partial charge is 0.423 e. The normalized spacial score (nSPS) is 16.3. The lowest BCUT2D eigenvalue weighted by Gasteiger charge is -2.37. The van der Waals surface area contributed by atoms with Crippen molar-refractivity contribution in [1.82, 2.24) is 0 Å². The molecule has 0 aromatic heterocycles. The molecule has 28 heavy (non-hydrogen) atoms. The molecule has 8 heteroatoms. The summed E-state index contributed by atoms with van der Waals surface area (Å²) in [4.78, 5) is 16.4. The number of anilines is 1. The van der Waals surface area contributed by atoms with Crippen LogP contribution < -0.4 is 4.90 Å². The van der Waals surface area contributed by atoms with Gasteiger partial charge in [-0.25, -0.2) is 0 Å². The van der Waals surface area contributed by atoms with Gasteiger partial charge < -0.3 is 4.90 Å². The highest BCUT2D eigenvalue weighted by Gasteiger charge is 2.38. The van der Waals surface area contributed by atoms with Gasteiger partial charge in [-0.3, -0.25) is 15.1 Å². The van der Waals surface area contributed by atoms with E-state index in [1.54, 1.807) is 0 Å². The van der Waals surface area contributed by atoms with Crippen LogP contribution in [0.25, 0.3) is 0 Å². The SMILES string of the molecule is O=[N+]([O-])c1ccc(N=Cc2cc3c4c(c2)CCCN4CCC3)cc1C(F)(F)F. The second-order valence-corrected chi connectivity index (χ2v) is 7.10. The number of hydrogen-bond acceptors (Lipinski definition) is 4. The van der Waals surface area contributed by atoms with Crippen molar-refractivity contribution in [2.45, 2.75) is 31.9 Å². The minimum atomic E-state index is -4.81. The summed E-state index contributed by atoms with van der Waals surface area (Å²) in [6, 6.07) is 6.88. The lowest BCUT2D eigenvalue weighted by Crippen LogP contribution is -2.34. The van der Waals surface area contributed by atoms with Crippen molar-refractivity contribution in [3.63, 3.8) is 0 Å². The van der Waals surface area contributed by atoms with Crippen molar-refractivity contribution in [2.24, 2.45) is 4.99 Å². The Hall–Kier alpha value is -2.90. The summed E-state index contributed by atoms with van der Waals surface area (Å²) < 4.78 is 39.4. The van der Waals surface area contributed by atoms with Gasteiger partial charge in [0.15, 0.2) is 0 Å². The van der Waals surface area contributed by atoms with Gasteiger partial charge in [0.1, 0.15) is 5.56 Å². The first-order valence-electron chi connectivity index (χ1n) is 9.13. The van der Waals surface area contributed by atoms with E-state index < -0.39 is 22.4 Å². The fourth-order valence-electron chi connectivity index (χ4n) is 4.04. The molecule has 0 atom stereocenters. The van der Waals surface area contributed by atoms with Crippen molar-refractivity contribution in [3.05, 3.63) is 62.7 Å². The molecule has 0 N–H and O–H groups in total. The van der Waals surface area contributed by atoms with E-state index in [4.69, 9.17) is 0 Å². The number of halogens is 3. The first kappa shape index (κ1) is 18.5. The highest BCUT2D eigenvalue weighted by Crippen LogP contribution is 2.38. The topological polar surface area (TPSA) is 58.7 Å². The number of nitro groups is 1. The summed E-state index contributed by atoms with van der Waals surface area (Å²) in [6.07, 6.45) is 0.861. The Morgan fingerprint density at radius 2 is 1.71 bits per heavy atom. The summed E-state index contributed by atoms with van der Waals surface area (Å²) >= 11 is 0. The standard InChI is InChI=1S/C20H18F3N3O2/c21-20(22,23)17-11-16(5-6-18(17)26(27)28)24-12-13-9-14-3-1-7-25-8-2-4-15(10-13)19(14)25/h5-6,9-12H,1-4,7-8H2. The first-order valence-corrected chi connectivity index (χ1v) is 9.13. The van der Waals surface area contributed by atoms with Crippen LogP contribution in [0.15, 0.2) is 35.3 Å². The van der Waals surface area contributed by atoms with E-state index in [1.165, 1.54) is 29.1 Å². The molecule has 0 saturated heterocycles. The molecule has 0 saturated carbocycles. The van der Waals surface area contributed by atoms with Crippen molar-refractivity contribution >= 4 is 23.3 Å². The molecule has 0 unspecified atom stereocenters. The van der Waals surface area contributed by atoms with E-state index in [1.807, 2.05) is 12.1 Å². The Balaban J connectivity index is 1.68. The Kier molecular flexibility index (Phi) is 4.56. The van der Waals surface area contributed by atoms with Gasteiger partial charge in [0.05, 0.1) is 10.6 Å². The molecule has 146 valence electrons. The zero-order valence-electron chi connectivity index (χ0n) is 15.0. The molecule has 0 aliphatic carbocycles. The van der Waals surface area contributed by atoms with Gasteiger partial charge in [-0.05, 0) is 66.6 Å². The van der Waals surface area contributed by atoms with Crippen molar-refractivity contribution in [2.75, 3.05) is 18.0 Å². The van der Waals surface area contributed by atoms with Crippen LogP contribution in [0.5, 0.6) is 0 Å². The first-order chi connectivity index (χ1) is 13.3. The van der Waals surface area contributed by atoms with Crippen molar-refractivity contribution in [3.8, 4) is 0 Å². The van der Waals surface area contributed by atoms with E-state index in [0.29, 0.717) is 0 Å². The molecule has 2 aliphatic heterocycles. The van der Waals surface area contributed by atoms with E-state index in [2.05, 4.69) is 9.89 Å². The molecule has 2 aliphatic rings. The quantitative estimate of drug-likeness (QED) is 0.419. The molecule has 2 aromatic carbocycles. The van der Waals surface area contributed by atoms with Gasteiger partial charge in [0.25, 0.3) is 5.69 Å². The molecule has 0 amide bonds. The zero-order chi connectivity index (χ0) is 19.9. The van der Waals surface area contributed by atoms with Gasteiger partial charge >= 0.3 is 6.18 Å². The average Bonchev–Trinajstić information content (AvgIpc) is 2.66. The summed E-state index contributed by atoms with van der Waals surface area (Å²) in [7, 11) is 0. The molecule has 5 nitrogen and oxygen atoms in total. The minimum absolute atomic E-state index is 0.0333. The zero-order valence-corrected chi connectivity index (χ0v) is 15.0. The van der Waals surface area contributed by atoms with Crippen molar-refractivity contribution < 1.29 is 18.1 Å². The monoisotopic (exact) mass is 389 g/mol. The van der Waals surface area contributed by atoms with E-state index in [0.717, 1.165) is 56.5 Å². The van der Waals surface area contributed by atoms with E-state index in [-0.39, 0.29) is 5.69 Å². The third-order valence-corrected chi connectivity index (χ3v) is 5.20. The number of benzene rings is 2. The number of nitrogens with zero attached hydrogens (tertiary/aromatic N) is 3. The summed E-state index contributed by atoms with van der Waals surface area (Å²) in [5.74, 6) is 0. The molecular weight excluding hydrogens is 371 g/mol. The fraction of sp³-hybridized carbons (Fsp3) is 0.350. The van der Waals surface area contributed by atoms with Crippen LogP contribution in [0.2, 0.25) is 0 Å². The molecule has 0 radical (unpaired) electrons. The van der Waals surface area contributed by atoms with Crippen LogP contribution in [0.3, 0.4) is 0 Å². The second-order valence-electron chi connectivity index (χ2n) is 7.10. The maximum Gasteiger partial charge on any atom is 0.423 e. The molecule has 0 fully saturated rings. The second kappa shape index (κ2) is 6.92. The van der Waals surface area contributed by atoms with Crippen LogP contribution in [-0.2, 0) is 19.0 Å². The van der Waals surface area contributed by atoms with Crippen LogP contribution in [0.1, 0.15) is 35.1 Å². The van der Waals surface area contributed by atoms with Crippen LogP contribution in [-0.4, -0.2) is 24.2 Å². The average molecular weight is 389 g/mol. The van der Waals surface area contributed by atoms with Gasteiger partial charge in [0, 0.05) is 31.1 Å². The molecular formula is C20H18F3N3O2. The molecule has 0 bridgehead atoms. The number of aliphatic imine (C=N–C) groups is 1. The van der Waals surface area contributed by atoms with E-state index >= 15 is 0 Å². The maximum absolute atomic E-state index is 13.1. The van der Waals surface area contributed by atoms with Crippen LogP contribution >= 0.6 is 0 Å². The van der Waals surface area contributed by atoms with Gasteiger partial charge in [0.2, 0.25) is 0 Å². The van der Waals surface area contributed by atoms with Crippen LogP contribution in [0, 0.1) is 10.1 Å². The van der Waals surface area contributed by atoms with Crippen LogP contribution in [0.4, 0.5) is 30.2 Å². The Morgan fingerprint density at radius 3 is 2.29 bits per heavy atom. The predicted octanol–water partition coefficient (Wildman–Crippen LogP) is 5.06. The Labute approximate surface area is 159 Å². The predicted molar refractivity (Wildman–Crippen MR) is 101 cm³/mol. The fourth-order valence-corrected chi connectivity index (χ4v) is 4.04. The number of aryl methyl sites for hydroxylation is 2. The molecule has 4 rings (SSSR count). The number of rotatable bonds is 3.